The smallest absolute Gasteiger partial charge is 0.315 e. The zero-order valence-electron chi connectivity index (χ0n) is 13.3. The van der Waals surface area contributed by atoms with Crippen LogP contribution in [0.3, 0.4) is 0 Å². The van der Waals surface area contributed by atoms with Crippen LogP contribution >= 0.6 is 0 Å². The van der Waals surface area contributed by atoms with Crippen LogP contribution in [0.4, 0.5) is 4.79 Å². The molecule has 1 aliphatic rings. The van der Waals surface area contributed by atoms with Gasteiger partial charge in [0.1, 0.15) is 0 Å². The van der Waals surface area contributed by atoms with E-state index in [9.17, 15) is 9.59 Å². The predicted molar refractivity (Wildman–Crippen MR) is 89.9 cm³/mol. The van der Waals surface area contributed by atoms with Crippen molar-refractivity contribution in [2.75, 3.05) is 6.54 Å². The van der Waals surface area contributed by atoms with E-state index in [4.69, 9.17) is 0 Å². The number of carbonyl (C=O) groups is 2. The van der Waals surface area contributed by atoms with Gasteiger partial charge in [-0.1, -0.05) is 36.4 Å². The van der Waals surface area contributed by atoms with Gasteiger partial charge in [0, 0.05) is 38.4 Å². The van der Waals surface area contributed by atoms with Crippen molar-refractivity contribution in [2.24, 2.45) is 0 Å². The van der Waals surface area contributed by atoms with Crippen LogP contribution in [-0.2, 0) is 17.9 Å². The Morgan fingerprint density at radius 3 is 2.71 bits per heavy atom. The number of nitrogens with one attached hydrogen (secondary N) is 2. The molecule has 0 aliphatic carbocycles. The van der Waals surface area contributed by atoms with Crippen LogP contribution in [0, 0.1) is 0 Å². The lowest BCUT2D eigenvalue weighted by molar-refractivity contribution is -0.128. The molecule has 0 radical (unpaired) electrons. The second kappa shape index (κ2) is 7.59. The summed E-state index contributed by atoms with van der Waals surface area (Å²) in [7, 11) is 0. The minimum absolute atomic E-state index is 0.0661. The number of pyridine rings is 1. The van der Waals surface area contributed by atoms with E-state index in [-0.39, 0.29) is 18.0 Å². The standard InChI is InChI=1S/C18H20N4O2/c23-17-9-16(13-22(17)12-14-5-2-1-3-6-14)21-18(24)20-11-15-7-4-8-19-10-15/h1-8,10,16H,9,11-13H2,(H2,20,21,24). The fourth-order valence-electron chi connectivity index (χ4n) is 2.75. The number of rotatable bonds is 5. The van der Waals surface area contributed by atoms with E-state index >= 15 is 0 Å². The van der Waals surface area contributed by atoms with Gasteiger partial charge in [-0.15, -0.1) is 0 Å². The van der Waals surface area contributed by atoms with E-state index in [1.54, 1.807) is 17.3 Å². The molecule has 0 spiro atoms. The van der Waals surface area contributed by atoms with Gasteiger partial charge in [0.15, 0.2) is 0 Å². The number of amides is 3. The normalized spacial score (nSPS) is 16.9. The van der Waals surface area contributed by atoms with Crippen molar-refractivity contribution in [3.8, 4) is 0 Å². The first-order valence-corrected chi connectivity index (χ1v) is 7.95. The number of likely N-dealkylation sites (tertiary alicyclic amines) is 1. The average Bonchev–Trinajstić information content (AvgIpc) is 2.94. The quantitative estimate of drug-likeness (QED) is 0.879. The zero-order valence-corrected chi connectivity index (χ0v) is 13.3. The molecule has 2 N–H and O–H groups in total. The molecule has 1 aliphatic heterocycles. The molecule has 1 saturated heterocycles. The van der Waals surface area contributed by atoms with Gasteiger partial charge in [0.25, 0.3) is 0 Å². The van der Waals surface area contributed by atoms with Crippen molar-refractivity contribution >= 4 is 11.9 Å². The van der Waals surface area contributed by atoms with E-state index in [0.29, 0.717) is 26.1 Å². The van der Waals surface area contributed by atoms with Gasteiger partial charge >= 0.3 is 6.03 Å². The summed E-state index contributed by atoms with van der Waals surface area (Å²) in [5.41, 5.74) is 2.02. The molecular weight excluding hydrogens is 304 g/mol. The Balaban J connectivity index is 1.46. The van der Waals surface area contributed by atoms with Crippen LogP contribution in [0.5, 0.6) is 0 Å². The lowest BCUT2D eigenvalue weighted by Crippen LogP contribution is -2.43. The van der Waals surface area contributed by atoms with Gasteiger partial charge in [0.2, 0.25) is 5.91 Å². The molecule has 1 aromatic heterocycles. The van der Waals surface area contributed by atoms with E-state index < -0.39 is 0 Å². The maximum Gasteiger partial charge on any atom is 0.315 e. The molecular formula is C18H20N4O2. The third-order valence-electron chi connectivity index (χ3n) is 3.94. The highest BCUT2D eigenvalue weighted by Crippen LogP contribution is 2.15. The minimum atomic E-state index is -0.266. The van der Waals surface area contributed by atoms with Crippen molar-refractivity contribution in [1.29, 1.82) is 0 Å². The number of benzene rings is 1. The van der Waals surface area contributed by atoms with Crippen LogP contribution in [-0.4, -0.2) is 34.4 Å². The Labute approximate surface area is 140 Å². The molecule has 1 aromatic carbocycles. The summed E-state index contributed by atoms with van der Waals surface area (Å²) >= 11 is 0. The van der Waals surface area contributed by atoms with E-state index in [1.807, 2.05) is 42.5 Å². The summed E-state index contributed by atoms with van der Waals surface area (Å²) in [5.74, 6) is 0.0661. The monoisotopic (exact) mass is 324 g/mol. The van der Waals surface area contributed by atoms with Gasteiger partial charge in [-0.3, -0.25) is 9.78 Å². The highest BCUT2D eigenvalue weighted by Gasteiger charge is 2.30. The maximum atomic E-state index is 12.1. The van der Waals surface area contributed by atoms with Crippen LogP contribution < -0.4 is 10.6 Å². The van der Waals surface area contributed by atoms with E-state index in [0.717, 1.165) is 11.1 Å². The predicted octanol–water partition coefficient (Wildman–Crippen LogP) is 1.68. The summed E-state index contributed by atoms with van der Waals surface area (Å²) in [6, 6.07) is 13.2. The first-order chi connectivity index (χ1) is 11.7. The molecule has 1 unspecified atom stereocenters. The van der Waals surface area contributed by atoms with Gasteiger partial charge in [-0.2, -0.15) is 0 Å². The Hall–Kier alpha value is -2.89. The van der Waals surface area contributed by atoms with Crippen LogP contribution in [0.2, 0.25) is 0 Å². The fourth-order valence-corrected chi connectivity index (χ4v) is 2.75. The summed E-state index contributed by atoms with van der Waals surface area (Å²) in [4.78, 5) is 29.8. The minimum Gasteiger partial charge on any atom is -0.336 e. The van der Waals surface area contributed by atoms with Crippen LogP contribution in [0.25, 0.3) is 0 Å². The van der Waals surface area contributed by atoms with E-state index in [2.05, 4.69) is 15.6 Å². The van der Waals surface area contributed by atoms with Gasteiger partial charge in [-0.25, -0.2) is 4.79 Å². The number of hydrogen-bond acceptors (Lipinski definition) is 3. The summed E-state index contributed by atoms with van der Waals surface area (Å²) in [6.45, 7) is 1.53. The first kappa shape index (κ1) is 16.0. The number of hydrogen-bond donors (Lipinski definition) is 2. The average molecular weight is 324 g/mol. The number of carbonyl (C=O) groups excluding carboxylic acids is 2. The molecule has 0 bridgehead atoms. The molecule has 2 heterocycles. The van der Waals surface area contributed by atoms with Crippen molar-refractivity contribution < 1.29 is 9.59 Å². The van der Waals surface area contributed by atoms with Crippen molar-refractivity contribution in [3.63, 3.8) is 0 Å². The van der Waals surface area contributed by atoms with Gasteiger partial charge < -0.3 is 15.5 Å². The zero-order chi connectivity index (χ0) is 16.8. The van der Waals surface area contributed by atoms with Gasteiger partial charge in [-0.05, 0) is 17.2 Å². The highest BCUT2D eigenvalue weighted by atomic mass is 16.2. The number of aromatic nitrogens is 1. The topological polar surface area (TPSA) is 74.3 Å². The summed E-state index contributed by atoms with van der Waals surface area (Å²) < 4.78 is 0. The van der Waals surface area contributed by atoms with Crippen LogP contribution in [0.1, 0.15) is 17.5 Å². The molecule has 1 fully saturated rings. The third kappa shape index (κ3) is 4.32. The molecule has 24 heavy (non-hydrogen) atoms. The molecule has 6 heteroatoms. The van der Waals surface area contributed by atoms with Crippen LogP contribution in [0.15, 0.2) is 54.9 Å². The Kier molecular flexibility index (Phi) is 5.05. The lowest BCUT2D eigenvalue weighted by atomic mass is 10.2. The largest absolute Gasteiger partial charge is 0.336 e. The molecule has 2 aromatic rings. The highest BCUT2D eigenvalue weighted by molar-refractivity contribution is 5.81. The lowest BCUT2D eigenvalue weighted by Gasteiger charge is -2.17. The second-order valence-electron chi connectivity index (χ2n) is 5.85. The number of nitrogens with zero attached hydrogens (tertiary/aromatic N) is 2. The second-order valence-corrected chi connectivity index (χ2v) is 5.85. The molecule has 1 atom stereocenters. The first-order valence-electron chi connectivity index (χ1n) is 7.95. The van der Waals surface area contributed by atoms with Crippen molar-refractivity contribution in [2.45, 2.75) is 25.6 Å². The Bertz CT molecular complexity index is 691. The Morgan fingerprint density at radius 1 is 1.17 bits per heavy atom. The third-order valence-corrected chi connectivity index (χ3v) is 3.94. The molecule has 3 rings (SSSR count). The van der Waals surface area contributed by atoms with Crippen molar-refractivity contribution in [3.05, 3.63) is 66.0 Å². The number of urea groups is 1. The Morgan fingerprint density at radius 2 is 1.96 bits per heavy atom. The molecule has 6 nitrogen and oxygen atoms in total. The molecule has 124 valence electrons. The molecule has 3 amide bonds. The SMILES string of the molecule is O=C(NCc1cccnc1)NC1CC(=O)N(Cc2ccccc2)C1. The fraction of sp³-hybridized carbons (Fsp3) is 0.278. The summed E-state index contributed by atoms with van der Waals surface area (Å²) in [6.07, 6.45) is 3.74. The van der Waals surface area contributed by atoms with Crippen molar-refractivity contribution in [1.82, 2.24) is 20.5 Å². The molecule has 0 saturated carbocycles. The summed E-state index contributed by atoms with van der Waals surface area (Å²) in [5, 5.41) is 5.65. The van der Waals surface area contributed by atoms with Gasteiger partial charge in [0.05, 0.1) is 6.04 Å². The van der Waals surface area contributed by atoms with E-state index in [1.165, 1.54) is 0 Å². The maximum absolute atomic E-state index is 12.1.